The quantitative estimate of drug-likeness (QED) is 0.519. The van der Waals surface area contributed by atoms with Crippen LogP contribution in [0.5, 0.6) is 5.75 Å². The first-order valence-electron chi connectivity index (χ1n) is 10.2. The van der Waals surface area contributed by atoms with E-state index in [1.807, 2.05) is 19.1 Å². The fraction of sp³-hybridized carbons (Fsp3) is 0.304. The monoisotopic (exact) mass is 441 g/mol. The number of piperazine rings is 1. The van der Waals surface area contributed by atoms with Gasteiger partial charge in [-0.25, -0.2) is 8.42 Å². The molecular weight excluding hydrogens is 414 g/mol. The minimum Gasteiger partial charge on any atom is -0.506 e. The van der Waals surface area contributed by atoms with Crippen LogP contribution in [0.4, 0.5) is 11.4 Å². The van der Waals surface area contributed by atoms with Gasteiger partial charge in [0.2, 0.25) is 0 Å². The third kappa shape index (κ3) is 4.70. The maximum Gasteiger partial charge on any atom is 0.262 e. The van der Waals surface area contributed by atoms with Crippen molar-refractivity contribution in [2.45, 2.75) is 37.8 Å². The molecule has 2 heterocycles. The number of furan rings is 1. The van der Waals surface area contributed by atoms with Crippen LogP contribution in [0.2, 0.25) is 0 Å². The first-order chi connectivity index (χ1) is 14.7. The molecule has 7 nitrogen and oxygen atoms in total. The van der Waals surface area contributed by atoms with Crippen molar-refractivity contribution in [3.05, 3.63) is 60.4 Å². The topological polar surface area (TPSA) is 94.8 Å². The number of phenols is 1. The molecule has 1 aromatic heterocycles. The third-order valence-corrected chi connectivity index (χ3v) is 6.72. The molecule has 1 aliphatic heterocycles. The lowest BCUT2D eigenvalue weighted by molar-refractivity contribution is 0.407. The SMILES string of the molecule is Cc1ccc(-c2ccc(S(=O)(=O)Nc3cc(N4C[C@@H](C)N[C@@H](C)C4)ccc3O)cc2)o1. The summed E-state index contributed by atoms with van der Waals surface area (Å²) in [5.74, 6) is 1.35. The highest BCUT2D eigenvalue weighted by Gasteiger charge is 2.23. The lowest BCUT2D eigenvalue weighted by Gasteiger charge is -2.37. The van der Waals surface area contributed by atoms with Gasteiger partial charge in [-0.2, -0.15) is 0 Å². The van der Waals surface area contributed by atoms with E-state index in [0.717, 1.165) is 30.1 Å². The molecule has 0 aliphatic carbocycles. The van der Waals surface area contributed by atoms with Gasteiger partial charge in [-0.05, 0) is 75.4 Å². The Hall–Kier alpha value is -2.97. The molecule has 0 bridgehead atoms. The molecule has 4 rings (SSSR count). The summed E-state index contributed by atoms with van der Waals surface area (Å²) in [6.45, 7) is 7.68. The molecule has 1 aliphatic rings. The number of nitrogens with zero attached hydrogens (tertiary/aromatic N) is 1. The highest BCUT2D eigenvalue weighted by Crippen LogP contribution is 2.32. The number of sulfonamides is 1. The maximum absolute atomic E-state index is 12.9. The molecule has 0 saturated carbocycles. The fourth-order valence-electron chi connectivity index (χ4n) is 3.93. The number of aromatic hydroxyl groups is 1. The van der Waals surface area contributed by atoms with Crippen LogP contribution >= 0.6 is 0 Å². The lowest BCUT2D eigenvalue weighted by atomic mass is 10.1. The van der Waals surface area contributed by atoms with Gasteiger partial charge in [-0.1, -0.05) is 0 Å². The van der Waals surface area contributed by atoms with Crippen LogP contribution in [0.15, 0.2) is 63.9 Å². The Labute approximate surface area is 182 Å². The van der Waals surface area contributed by atoms with E-state index in [0.29, 0.717) is 17.8 Å². The number of anilines is 2. The summed E-state index contributed by atoms with van der Waals surface area (Å²) in [7, 11) is -3.87. The largest absolute Gasteiger partial charge is 0.506 e. The number of aryl methyl sites for hydroxylation is 1. The van der Waals surface area contributed by atoms with Gasteiger partial charge in [0.25, 0.3) is 10.0 Å². The van der Waals surface area contributed by atoms with Crippen molar-refractivity contribution in [1.82, 2.24) is 5.32 Å². The van der Waals surface area contributed by atoms with E-state index in [-0.39, 0.29) is 16.3 Å². The van der Waals surface area contributed by atoms with Crippen molar-refractivity contribution < 1.29 is 17.9 Å². The Bertz CT molecular complexity index is 1160. The number of nitrogens with one attached hydrogen (secondary N) is 2. The second-order valence-corrected chi connectivity index (χ2v) is 9.80. The van der Waals surface area contributed by atoms with Crippen LogP contribution in [-0.2, 0) is 10.0 Å². The minimum atomic E-state index is -3.87. The molecule has 0 spiro atoms. The van der Waals surface area contributed by atoms with E-state index in [1.54, 1.807) is 24.3 Å². The van der Waals surface area contributed by atoms with Crippen LogP contribution in [0.25, 0.3) is 11.3 Å². The lowest BCUT2D eigenvalue weighted by Crippen LogP contribution is -2.54. The second kappa shape index (κ2) is 8.28. The number of benzene rings is 2. The van der Waals surface area contributed by atoms with Crippen molar-refractivity contribution >= 4 is 21.4 Å². The van der Waals surface area contributed by atoms with Gasteiger partial charge in [0.1, 0.15) is 17.3 Å². The highest BCUT2D eigenvalue weighted by atomic mass is 32.2. The van der Waals surface area contributed by atoms with Gasteiger partial charge in [0.05, 0.1) is 10.6 Å². The van der Waals surface area contributed by atoms with Crippen LogP contribution in [0.3, 0.4) is 0 Å². The molecule has 3 N–H and O–H groups in total. The third-order valence-electron chi connectivity index (χ3n) is 5.34. The summed E-state index contributed by atoms with van der Waals surface area (Å²) in [6.07, 6.45) is 0. The van der Waals surface area contributed by atoms with E-state index in [9.17, 15) is 13.5 Å². The molecular formula is C23H27N3O4S. The van der Waals surface area contributed by atoms with Gasteiger partial charge in [-0.3, -0.25) is 4.72 Å². The van der Waals surface area contributed by atoms with Crippen molar-refractivity contribution in [3.63, 3.8) is 0 Å². The van der Waals surface area contributed by atoms with Crippen LogP contribution in [0.1, 0.15) is 19.6 Å². The number of rotatable bonds is 5. The van der Waals surface area contributed by atoms with E-state index in [4.69, 9.17) is 4.42 Å². The molecule has 2 aromatic carbocycles. The molecule has 31 heavy (non-hydrogen) atoms. The van der Waals surface area contributed by atoms with Gasteiger partial charge in [-0.15, -0.1) is 0 Å². The van der Waals surface area contributed by atoms with Crippen molar-refractivity contribution in [2.75, 3.05) is 22.7 Å². The first-order valence-corrected chi connectivity index (χ1v) is 11.7. The van der Waals surface area contributed by atoms with Crippen molar-refractivity contribution in [1.29, 1.82) is 0 Å². The normalized spacial score (nSPS) is 19.4. The van der Waals surface area contributed by atoms with E-state index < -0.39 is 10.0 Å². The van der Waals surface area contributed by atoms with Crippen LogP contribution in [0, 0.1) is 6.92 Å². The highest BCUT2D eigenvalue weighted by molar-refractivity contribution is 7.92. The molecule has 0 radical (unpaired) electrons. The number of hydrogen-bond donors (Lipinski definition) is 3. The number of hydrogen-bond acceptors (Lipinski definition) is 6. The molecule has 2 atom stereocenters. The number of phenolic OH excluding ortho intramolecular Hbond substituents is 1. The van der Waals surface area contributed by atoms with Crippen molar-refractivity contribution in [3.8, 4) is 17.1 Å². The molecule has 0 unspecified atom stereocenters. The Balaban J connectivity index is 1.56. The maximum atomic E-state index is 12.9. The summed E-state index contributed by atoms with van der Waals surface area (Å²) in [4.78, 5) is 2.29. The minimum absolute atomic E-state index is 0.105. The average Bonchev–Trinajstić information content (AvgIpc) is 3.15. The molecule has 1 fully saturated rings. The second-order valence-electron chi connectivity index (χ2n) is 8.12. The summed E-state index contributed by atoms with van der Waals surface area (Å²) < 4.78 is 34.0. The predicted octanol–water partition coefficient (Wildman–Crippen LogP) is 3.95. The summed E-state index contributed by atoms with van der Waals surface area (Å²) in [6, 6.07) is 15.8. The summed E-state index contributed by atoms with van der Waals surface area (Å²) in [5, 5.41) is 13.7. The zero-order valence-corrected chi connectivity index (χ0v) is 18.6. The predicted molar refractivity (Wildman–Crippen MR) is 122 cm³/mol. The molecule has 164 valence electrons. The first kappa shape index (κ1) is 21.3. The Kier molecular flexibility index (Phi) is 5.68. The Morgan fingerprint density at radius 1 is 1.03 bits per heavy atom. The van der Waals surface area contributed by atoms with Crippen LogP contribution in [-0.4, -0.2) is 38.7 Å². The van der Waals surface area contributed by atoms with E-state index in [1.165, 1.54) is 18.2 Å². The van der Waals surface area contributed by atoms with Crippen LogP contribution < -0.4 is 14.9 Å². The molecule has 8 heteroatoms. The average molecular weight is 442 g/mol. The van der Waals surface area contributed by atoms with Gasteiger partial charge in [0.15, 0.2) is 0 Å². The van der Waals surface area contributed by atoms with E-state index >= 15 is 0 Å². The van der Waals surface area contributed by atoms with Gasteiger partial charge in [0, 0.05) is 36.4 Å². The van der Waals surface area contributed by atoms with Gasteiger partial charge < -0.3 is 19.7 Å². The molecule has 3 aromatic rings. The zero-order chi connectivity index (χ0) is 22.2. The fourth-order valence-corrected chi connectivity index (χ4v) is 5.00. The Morgan fingerprint density at radius 3 is 2.32 bits per heavy atom. The van der Waals surface area contributed by atoms with E-state index in [2.05, 4.69) is 28.8 Å². The molecule has 0 amide bonds. The summed E-state index contributed by atoms with van der Waals surface area (Å²) in [5.41, 5.74) is 1.81. The Morgan fingerprint density at radius 2 is 1.71 bits per heavy atom. The molecule has 1 saturated heterocycles. The standard InChI is InChI=1S/C23H27N3O4S/c1-15-13-26(14-16(2)24-15)19-7-10-22(27)21(12-19)25-31(28,29)20-8-5-18(6-9-20)23-11-4-17(3)30-23/h4-12,15-16,24-25,27H,13-14H2,1-3H3/t15-,16+. The smallest absolute Gasteiger partial charge is 0.262 e. The van der Waals surface area contributed by atoms with Crippen molar-refractivity contribution in [2.24, 2.45) is 0 Å². The summed E-state index contributed by atoms with van der Waals surface area (Å²) >= 11 is 0. The van der Waals surface area contributed by atoms with Gasteiger partial charge >= 0.3 is 0 Å². The zero-order valence-electron chi connectivity index (χ0n) is 17.8.